The normalized spacial score (nSPS) is 18.0. The topological polar surface area (TPSA) is 95.1 Å². The van der Waals surface area contributed by atoms with E-state index in [9.17, 15) is 9.59 Å². The van der Waals surface area contributed by atoms with E-state index in [4.69, 9.17) is 9.97 Å². The number of aryl methyl sites for hydroxylation is 2. The summed E-state index contributed by atoms with van der Waals surface area (Å²) in [4.78, 5) is 38.9. The van der Waals surface area contributed by atoms with Gasteiger partial charge in [0.25, 0.3) is 5.91 Å². The maximum absolute atomic E-state index is 12.8. The molecule has 0 spiro atoms. The molecule has 2 aromatic heterocycles. The van der Waals surface area contributed by atoms with Crippen LogP contribution in [0.5, 0.6) is 0 Å². The summed E-state index contributed by atoms with van der Waals surface area (Å²) in [5.74, 6) is 1.63. The second-order valence-electron chi connectivity index (χ2n) is 8.81. The standard InChI is InChI=1S/C25H28N6O2/c1-17-20-9-10-22(32)31(14-5-8-18-6-3-2-4-7-18)24(20)28-23(27-17)19-12-15-30(16-19)25(33)21-11-13-26-29-21/h2-4,6-7,11,13,19H,5,8-10,12,14-16H2,1H3,(H,26,29)/t19-/m1/s1. The third kappa shape index (κ3) is 4.37. The van der Waals surface area contributed by atoms with Crippen molar-refractivity contribution in [2.24, 2.45) is 0 Å². The Bertz CT molecular complexity index is 1150. The van der Waals surface area contributed by atoms with Gasteiger partial charge in [-0.3, -0.25) is 19.6 Å². The zero-order valence-corrected chi connectivity index (χ0v) is 18.8. The van der Waals surface area contributed by atoms with E-state index in [1.165, 1.54) is 5.56 Å². The Morgan fingerprint density at radius 2 is 2.00 bits per heavy atom. The van der Waals surface area contributed by atoms with Crippen molar-refractivity contribution in [3.63, 3.8) is 0 Å². The van der Waals surface area contributed by atoms with Gasteiger partial charge in [-0.1, -0.05) is 30.3 Å². The van der Waals surface area contributed by atoms with Gasteiger partial charge >= 0.3 is 0 Å². The molecule has 0 unspecified atom stereocenters. The van der Waals surface area contributed by atoms with Crippen molar-refractivity contribution >= 4 is 17.6 Å². The number of H-pyrrole nitrogens is 1. The number of benzene rings is 1. The first-order valence-electron chi connectivity index (χ1n) is 11.6. The molecule has 170 valence electrons. The fourth-order valence-corrected chi connectivity index (χ4v) is 4.80. The van der Waals surface area contributed by atoms with Crippen molar-refractivity contribution in [2.45, 2.75) is 44.9 Å². The van der Waals surface area contributed by atoms with Gasteiger partial charge in [0.05, 0.1) is 0 Å². The molecule has 2 amide bonds. The van der Waals surface area contributed by atoms with Crippen LogP contribution in [0.1, 0.15) is 58.3 Å². The number of hydrogen-bond acceptors (Lipinski definition) is 5. The van der Waals surface area contributed by atoms with Crippen LogP contribution in [0.25, 0.3) is 0 Å². The molecule has 8 heteroatoms. The van der Waals surface area contributed by atoms with Crippen molar-refractivity contribution in [3.8, 4) is 0 Å². The molecular formula is C25H28N6O2. The molecule has 1 N–H and O–H groups in total. The van der Waals surface area contributed by atoms with E-state index in [0.29, 0.717) is 38.2 Å². The van der Waals surface area contributed by atoms with Gasteiger partial charge in [0.2, 0.25) is 5.91 Å². The van der Waals surface area contributed by atoms with E-state index >= 15 is 0 Å². The summed E-state index contributed by atoms with van der Waals surface area (Å²) in [5, 5.41) is 6.62. The summed E-state index contributed by atoms with van der Waals surface area (Å²) in [7, 11) is 0. The lowest BCUT2D eigenvalue weighted by atomic mass is 10.0. The molecule has 5 rings (SSSR count). The summed E-state index contributed by atoms with van der Waals surface area (Å²) in [6, 6.07) is 12.0. The summed E-state index contributed by atoms with van der Waals surface area (Å²) < 4.78 is 0. The lowest BCUT2D eigenvalue weighted by Gasteiger charge is -2.30. The number of rotatable bonds is 6. The number of aromatic amines is 1. The highest BCUT2D eigenvalue weighted by molar-refractivity contribution is 5.95. The van der Waals surface area contributed by atoms with E-state index in [-0.39, 0.29) is 17.7 Å². The van der Waals surface area contributed by atoms with Crippen LogP contribution in [-0.2, 0) is 17.6 Å². The average molecular weight is 445 g/mol. The molecule has 1 aromatic carbocycles. The Labute approximate surface area is 193 Å². The number of anilines is 1. The highest BCUT2D eigenvalue weighted by Crippen LogP contribution is 2.32. The molecule has 2 aliphatic rings. The van der Waals surface area contributed by atoms with Crippen molar-refractivity contribution in [1.82, 2.24) is 25.1 Å². The fraction of sp³-hybridized carbons (Fsp3) is 0.400. The predicted molar refractivity (Wildman–Crippen MR) is 124 cm³/mol. The molecule has 0 bridgehead atoms. The first-order chi connectivity index (χ1) is 16.1. The van der Waals surface area contributed by atoms with Crippen LogP contribution in [-0.4, -0.2) is 56.5 Å². The Kier molecular flexibility index (Phi) is 5.90. The monoisotopic (exact) mass is 444 g/mol. The van der Waals surface area contributed by atoms with E-state index in [0.717, 1.165) is 42.2 Å². The zero-order chi connectivity index (χ0) is 22.8. The maximum atomic E-state index is 12.8. The molecule has 8 nitrogen and oxygen atoms in total. The second-order valence-corrected chi connectivity index (χ2v) is 8.81. The smallest absolute Gasteiger partial charge is 0.271 e. The van der Waals surface area contributed by atoms with Gasteiger partial charge in [0.15, 0.2) is 0 Å². The number of hydrogen-bond donors (Lipinski definition) is 1. The summed E-state index contributed by atoms with van der Waals surface area (Å²) in [6.07, 6.45) is 5.37. The Morgan fingerprint density at radius 1 is 1.15 bits per heavy atom. The van der Waals surface area contributed by atoms with Crippen LogP contribution in [0.2, 0.25) is 0 Å². The van der Waals surface area contributed by atoms with E-state index < -0.39 is 0 Å². The number of carbonyl (C=O) groups is 2. The second kappa shape index (κ2) is 9.13. The van der Waals surface area contributed by atoms with Crippen LogP contribution in [0.15, 0.2) is 42.6 Å². The predicted octanol–water partition coefficient (Wildman–Crippen LogP) is 3.05. The number of fused-ring (bicyclic) bond motifs is 1. The SMILES string of the molecule is Cc1nc([C@@H]2CCN(C(=O)c3ccn[nH]3)C2)nc2c1CCC(=O)N2CCCc1ccccc1. The maximum Gasteiger partial charge on any atom is 0.271 e. The third-order valence-electron chi connectivity index (χ3n) is 6.62. The minimum atomic E-state index is -0.0533. The minimum Gasteiger partial charge on any atom is -0.337 e. The largest absolute Gasteiger partial charge is 0.337 e. The van der Waals surface area contributed by atoms with Gasteiger partial charge < -0.3 is 4.90 Å². The van der Waals surface area contributed by atoms with Gasteiger partial charge in [-0.05, 0) is 44.2 Å². The Balaban J connectivity index is 1.33. The Morgan fingerprint density at radius 3 is 2.79 bits per heavy atom. The summed E-state index contributed by atoms with van der Waals surface area (Å²) in [6.45, 7) is 3.87. The summed E-state index contributed by atoms with van der Waals surface area (Å²) in [5.41, 5.74) is 3.78. The number of likely N-dealkylation sites (tertiary alicyclic amines) is 1. The van der Waals surface area contributed by atoms with Gasteiger partial charge in [0.1, 0.15) is 17.3 Å². The highest BCUT2D eigenvalue weighted by Gasteiger charge is 2.33. The summed E-state index contributed by atoms with van der Waals surface area (Å²) >= 11 is 0. The van der Waals surface area contributed by atoms with Crippen LogP contribution in [0.3, 0.4) is 0 Å². The first-order valence-corrected chi connectivity index (χ1v) is 11.6. The van der Waals surface area contributed by atoms with Gasteiger partial charge in [0, 0.05) is 49.4 Å². The molecule has 4 heterocycles. The number of nitrogens with zero attached hydrogens (tertiary/aromatic N) is 5. The molecule has 33 heavy (non-hydrogen) atoms. The van der Waals surface area contributed by atoms with Crippen molar-refractivity contribution in [1.29, 1.82) is 0 Å². The third-order valence-corrected chi connectivity index (χ3v) is 6.62. The van der Waals surface area contributed by atoms with Gasteiger partial charge in [-0.25, -0.2) is 9.97 Å². The molecule has 0 aliphatic carbocycles. The fourth-order valence-electron chi connectivity index (χ4n) is 4.80. The molecular weight excluding hydrogens is 416 g/mol. The van der Waals surface area contributed by atoms with Crippen molar-refractivity contribution in [3.05, 3.63) is 70.9 Å². The first kappa shape index (κ1) is 21.3. The highest BCUT2D eigenvalue weighted by atomic mass is 16.2. The van der Waals surface area contributed by atoms with Gasteiger partial charge in [-0.15, -0.1) is 0 Å². The number of carbonyl (C=O) groups excluding carboxylic acids is 2. The zero-order valence-electron chi connectivity index (χ0n) is 18.8. The lowest BCUT2D eigenvalue weighted by Crippen LogP contribution is -2.38. The number of aromatic nitrogens is 4. The molecule has 1 saturated heterocycles. The van der Waals surface area contributed by atoms with E-state index in [1.807, 2.05) is 34.9 Å². The molecule has 1 fully saturated rings. The quantitative estimate of drug-likeness (QED) is 0.631. The van der Waals surface area contributed by atoms with Crippen molar-refractivity contribution < 1.29 is 9.59 Å². The van der Waals surface area contributed by atoms with E-state index in [2.05, 4.69) is 22.3 Å². The van der Waals surface area contributed by atoms with Gasteiger partial charge in [-0.2, -0.15) is 5.10 Å². The molecule has 0 saturated carbocycles. The van der Waals surface area contributed by atoms with Crippen LogP contribution in [0, 0.1) is 6.92 Å². The average Bonchev–Trinajstić information content (AvgIpc) is 3.53. The Hall–Kier alpha value is -3.55. The van der Waals surface area contributed by atoms with Crippen LogP contribution in [0.4, 0.5) is 5.82 Å². The van der Waals surface area contributed by atoms with Crippen LogP contribution < -0.4 is 4.90 Å². The van der Waals surface area contributed by atoms with E-state index in [1.54, 1.807) is 12.3 Å². The molecule has 2 aliphatic heterocycles. The lowest BCUT2D eigenvalue weighted by molar-refractivity contribution is -0.119. The van der Waals surface area contributed by atoms with Crippen molar-refractivity contribution in [2.75, 3.05) is 24.5 Å². The molecule has 1 atom stereocenters. The molecule has 3 aromatic rings. The molecule has 0 radical (unpaired) electrons. The van der Waals surface area contributed by atoms with Crippen LogP contribution >= 0.6 is 0 Å². The number of nitrogens with one attached hydrogen (secondary N) is 1. The number of amides is 2. The minimum absolute atomic E-state index is 0.0533.